The van der Waals surface area contributed by atoms with Crippen LogP contribution < -0.4 is 5.73 Å². The molecule has 0 spiro atoms. The minimum Gasteiger partial charge on any atom is -0.320 e. The van der Waals surface area contributed by atoms with Crippen molar-refractivity contribution in [2.75, 3.05) is 0 Å². The van der Waals surface area contributed by atoms with Crippen LogP contribution in [0.1, 0.15) is 32.5 Å². The second-order valence-corrected chi connectivity index (χ2v) is 6.51. The zero-order chi connectivity index (χ0) is 12.6. The molecule has 1 aromatic heterocycles. The molecule has 2 N–H and O–H groups in total. The molecular formula is C14H16BrNS. The van der Waals surface area contributed by atoms with Gasteiger partial charge in [-0.3, -0.25) is 0 Å². The second-order valence-electron chi connectivity index (χ2n) is 4.39. The van der Waals surface area contributed by atoms with E-state index in [1.165, 1.54) is 30.9 Å². The van der Waals surface area contributed by atoms with Crippen LogP contribution in [0.4, 0.5) is 0 Å². The van der Waals surface area contributed by atoms with E-state index in [4.69, 9.17) is 5.73 Å². The monoisotopic (exact) mass is 309 g/mol. The van der Waals surface area contributed by atoms with E-state index in [1.54, 1.807) is 11.3 Å². The van der Waals surface area contributed by atoms with E-state index < -0.39 is 0 Å². The summed E-state index contributed by atoms with van der Waals surface area (Å²) in [4.78, 5) is 2.53. The van der Waals surface area contributed by atoms with E-state index in [-0.39, 0.29) is 6.04 Å². The molecule has 0 fully saturated rings. The van der Waals surface area contributed by atoms with E-state index in [0.29, 0.717) is 0 Å². The molecule has 0 saturated heterocycles. The highest BCUT2D eigenvalue weighted by Gasteiger charge is 2.13. The molecule has 0 radical (unpaired) electrons. The fourth-order valence-corrected chi connectivity index (χ4v) is 3.08. The zero-order valence-corrected chi connectivity index (χ0v) is 12.7. The molecule has 17 heavy (non-hydrogen) atoms. The third kappa shape index (κ3) is 2.62. The number of rotatable bonds is 2. The van der Waals surface area contributed by atoms with Crippen LogP contribution in [0.25, 0.3) is 0 Å². The van der Waals surface area contributed by atoms with Gasteiger partial charge in [0.25, 0.3) is 0 Å². The SMILES string of the molecule is Cc1ccc(C(N)c2cc(C)c(Br)c(C)c2)s1. The lowest BCUT2D eigenvalue weighted by Gasteiger charge is -2.13. The molecule has 0 aliphatic heterocycles. The largest absolute Gasteiger partial charge is 0.320 e. The molecule has 90 valence electrons. The zero-order valence-electron chi connectivity index (χ0n) is 10.3. The Bertz CT molecular complexity index is 522. The van der Waals surface area contributed by atoms with Gasteiger partial charge in [-0.15, -0.1) is 11.3 Å². The maximum Gasteiger partial charge on any atom is 0.0646 e. The molecule has 0 amide bonds. The van der Waals surface area contributed by atoms with Crippen molar-refractivity contribution in [1.82, 2.24) is 0 Å². The summed E-state index contributed by atoms with van der Waals surface area (Å²) in [5.41, 5.74) is 9.98. The maximum absolute atomic E-state index is 6.31. The Morgan fingerprint density at radius 2 is 1.71 bits per heavy atom. The average Bonchev–Trinajstić information content (AvgIpc) is 2.71. The first-order valence-corrected chi connectivity index (χ1v) is 7.18. The van der Waals surface area contributed by atoms with Gasteiger partial charge in [-0.05, 0) is 49.6 Å². The third-order valence-electron chi connectivity index (χ3n) is 2.89. The standard InChI is InChI=1S/C14H16BrNS/c1-8-6-11(7-9(2)13(8)15)14(16)12-5-4-10(3)17-12/h4-7,14H,16H2,1-3H3. The first kappa shape index (κ1) is 12.8. The van der Waals surface area contributed by atoms with Crippen LogP contribution in [0.15, 0.2) is 28.7 Å². The topological polar surface area (TPSA) is 26.0 Å². The van der Waals surface area contributed by atoms with Gasteiger partial charge in [-0.2, -0.15) is 0 Å². The summed E-state index contributed by atoms with van der Waals surface area (Å²) < 4.78 is 1.18. The van der Waals surface area contributed by atoms with E-state index >= 15 is 0 Å². The normalized spacial score (nSPS) is 12.8. The van der Waals surface area contributed by atoms with E-state index in [2.05, 4.69) is 61.0 Å². The van der Waals surface area contributed by atoms with Gasteiger partial charge in [0.2, 0.25) is 0 Å². The van der Waals surface area contributed by atoms with Crippen LogP contribution in [0.3, 0.4) is 0 Å². The molecule has 1 atom stereocenters. The van der Waals surface area contributed by atoms with Gasteiger partial charge in [0, 0.05) is 14.2 Å². The first-order chi connectivity index (χ1) is 7.99. The number of aryl methyl sites for hydroxylation is 3. The lowest BCUT2D eigenvalue weighted by atomic mass is 10.0. The summed E-state index contributed by atoms with van der Waals surface area (Å²) in [5.74, 6) is 0. The van der Waals surface area contributed by atoms with Crippen LogP contribution in [0.5, 0.6) is 0 Å². The minimum absolute atomic E-state index is 0.0146. The average molecular weight is 310 g/mol. The van der Waals surface area contributed by atoms with Gasteiger partial charge >= 0.3 is 0 Å². The molecule has 1 unspecified atom stereocenters. The first-order valence-electron chi connectivity index (χ1n) is 5.57. The van der Waals surface area contributed by atoms with Crippen LogP contribution in [0, 0.1) is 20.8 Å². The van der Waals surface area contributed by atoms with Crippen molar-refractivity contribution in [2.24, 2.45) is 5.73 Å². The van der Waals surface area contributed by atoms with Crippen molar-refractivity contribution in [3.8, 4) is 0 Å². The Morgan fingerprint density at radius 3 is 2.18 bits per heavy atom. The summed E-state index contributed by atoms with van der Waals surface area (Å²) in [6, 6.07) is 8.56. The lowest BCUT2D eigenvalue weighted by Crippen LogP contribution is -2.10. The number of nitrogens with two attached hydrogens (primary N) is 1. The molecule has 3 heteroatoms. The predicted octanol–water partition coefficient (Wildman–Crippen LogP) is 4.48. The molecule has 0 aliphatic carbocycles. The van der Waals surface area contributed by atoms with Crippen LogP contribution in [-0.2, 0) is 0 Å². The van der Waals surface area contributed by atoms with Gasteiger partial charge < -0.3 is 5.73 Å². The number of hydrogen-bond donors (Lipinski definition) is 1. The van der Waals surface area contributed by atoms with Crippen molar-refractivity contribution in [2.45, 2.75) is 26.8 Å². The predicted molar refractivity (Wildman–Crippen MR) is 78.7 cm³/mol. The number of halogens is 1. The third-order valence-corrected chi connectivity index (χ3v) is 5.22. The van der Waals surface area contributed by atoms with Crippen molar-refractivity contribution >= 4 is 27.3 Å². The highest BCUT2D eigenvalue weighted by molar-refractivity contribution is 9.10. The fraction of sp³-hybridized carbons (Fsp3) is 0.286. The van der Waals surface area contributed by atoms with Gasteiger partial charge in [0.1, 0.15) is 0 Å². The number of hydrogen-bond acceptors (Lipinski definition) is 2. The summed E-state index contributed by atoms with van der Waals surface area (Å²) in [5, 5.41) is 0. The Labute approximate surface area is 115 Å². The minimum atomic E-state index is -0.0146. The second kappa shape index (κ2) is 4.92. The number of benzene rings is 1. The van der Waals surface area contributed by atoms with E-state index in [1.807, 2.05) is 0 Å². The highest BCUT2D eigenvalue weighted by Crippen LogP contribution is 2.30. The van der Waals surface area contributed by atoms with Crippen molar-refractivity contribution < 1.29 is 0 Å². The van der Waals surface area contributed by atoms with Crippen LogP contribution in [-0.4, -0.2) is 0 Å². The Morgan fingerprint density at radius 1 is 1.12 bits per heavy atom. The van der Waals surface area contributed by atoms with Gasteiger partial charge in [-0.1, -0.05) is 28.1 Å². The molecule has 2 rings (SSSR count). The molecule has 1 nitrogen and oxygen atoms in total. The molecule has 1 heterocycles. The summed E-state index contributed by atoms with van der Waals surface area (Å²) >= 11 is 5.35. The van der Waals surface area contributed by atoms with Gasteiger partial charge in [0.05, 0.1) is 6.04 Å². The Hall–Kier alpha value is -0.640. The number of thiophene rings is 1. The molecule has 0 saturated carbocycles. The van der Waals surface area contributed by atoms with Crippen LogP contribution in [0.2, 0.25) is 0 Å². The van der Waals surface area contributed by atoms with Crippen molar-refractivity contribution in [3.63, 3.8) is 0 Å². The smallest absolute Gasteiger partial charge is 0.0646 e. The van der Waals surface area contributed by atoms with Gasteiger partial charge in [0.15, 0.2) is 0 Å². The Balaban J connectivity index is 2.41. The lowest BCUT2D eigenvalue weighted by molar-refractivity contribution is 0.888. The quantitative estimate of drug-likeness (QED) is 0.869. The Kier molecular flexibility index (Phi) is 3.71. The van der Waals surface area contributed by atoms with E-state index in [9.17, 15) is 0 Å². The molecular weight excluding hydrogens is 294 g/mol. The molecule has 0 bridgehead atoms. The summed E-state index contributed by atoms with van der Waals surface area (Å²) in [6.45, 7) is 6.32. The summed E-state index contributed by atoms with van der Waals surface area (Å²) in [6.07, 6.45) is 0. The highest BCUT2D eigenvalue weighted by atomic mass is 79.9. The molecule has 0 aliphatic rings. The van der Waals surface area contributed by atoms with Gasteiger partial charge in [-0.25, -0.2) is 0 Å². The van der Waals surface area contributed by atoms with Crippen molar-refractivity contribution in [1.29, 1.82) is 0 Å². The van der Waals surface area contributed by atoms with Crippen LogP contribution >= 0.6 is 27.3 Å². The fourth-order valence-electron chi connectivity index (χ4n) is 1.94. The molecule has 2 aromatic rings. The molecule has 1 aromatic carbocycles. The maximum atomic E-state index is 6.31. The van der Waals surface area contributed by atoms with E-state index in [0.717, 1.165) is 0 Å². The summed E-state index contributed by atoms with van der Waals surface area (Å²) in [7, 11) is 0. The van der Waals surface area contributed by atoms with Crippen molar-refractivity contribution in [3.05, 3.63) is 55.2 Å².